The topological polar surface area (TPSA) is 58.1 Å². The molecule has 1 aromatic heterocycles. The highest BCUT2D eigenvalue weighted by Crippen LogP contribution is 2.29. The smallest absolute Gasteiger partial charge is 0.284 e. The number of hydrogen-bond donors (Lipinski definition) is 1. The van der Waals surface area contributed by atoms with Crippen molar-refractivity contribution in [2.75, 3.05) is 25.0 Å². The Kier molecular flexibility index (Phi) is 3.85. The van der Waals surface area contributed by atoms with Gasteiger partial charge in [0.1, 0.15) is 0 Å². The van der Waals surface area contributed by atoms with Crippen LogP contribution >= 0.6 is 11.3 Å². The number of rotatable bonds is 3. The van der Waals surface area contributed by atoms with E-state index in [-0.39, 0.29) is 11.3 Å². The molecule has 1 amide bonds. The highest BCUT2D eigenvalue weighted by molar-refractivity contribution is 7.17. The van der Waals surface area contributed by atoms with E-state index in [2.05, 4.69) is 29.4 Å². The highest BCUT2D eigenvalue weighted by atomic mass is 32.1. The van der Waals surface area contributed by atoms with Gasteiger partial charge in [0.05, 0.1) is 0 Å². The van der Waals surface area contributed by atoms with Crippen LogP contribution in [0.3, 0.4) is 0 Å². The molecule has 0 aliphatic carbocycles. The summed E-state index contributed by atoms with van der Waals surface area (Å²) in [6.45, 7) is 8.84. The highest BCUT2D eigenvalue weighted by Gasteiger charge is 2.30. The lowest BCUT2D eigenvalue weighted by molar-refractivity contribution is 0.0582. The third-order valence-corrected chi connectivity index (χ3v) is 3.99. The van der Waals surface area contributed by atoms with Crippen LogP contribution < -0.4 is 5.32 Å². The molecule has 0 atom stereocenters. The SMILES string of the molecule is CCNc1nnc(C(=O)N2CCCC(C)(C)C2)s1. The molecular weight excluding hydrogens is 248 g/mol. The number of aromatic nitrogens is 2. The molecule has 1 N–H and O–H groups in total. The minimum atomic E-state index is 0.0180. The number of anilines is 1. The van der Waals surface area contributed by atoms with Crippen LogP contribution in [-0.4, -0.2) is 40.6 Å². The molecule has 0 spiro atoms. The van der Waals surface area contributed by atoms with Crippen molar-refractivity contribution >= 4 is 22.4 Å². The molecule has 0 unspecified atom stereocenters. The van der Waals surface area contributed by atoms with Gasteiger partial charge in [-0.05, 0) is 25.2 Å². The number of carbonyl (C=O) groups is 1. The van der Waals surface area contributed by atoms with Gasteiger partial charge in [0.15, 0.2) is 0 Å². The quantitative estimate of drug-likeness (QED) is 0.913. The van der Waals surface area contributed by atoms with Crippen molar-refractivity contribution in [1.29, 1.82) is 0 Å². The van der Waals surface area contributed by atoms with Crippen LogP contribution in [0, 0.1) is 5.41 Å². The van der Waals surface area contributed by atoms with E-state index in [1.807, 2.05) is 11.8 Å². The first-order valence-electron chi connectivity index (χ1n) is 6.38. The number of nitrogens with one attached hydrogen (secondary N) is 1. The minimum absolute atomic E-state index is 0.0180. The van der Waals surface area contributed by atoms with Crippen LogP contribution in [0.5, 0.6) is 0 Å². The second-order valence-electron chi connectivity index (χ2n) is 5.44. The maximum absolute atomic E-state index is 12.3. The van der Waals surface area contributed by atoms with Crippen molar-refractivity contribution in [2.24, 2.45) is 5.41 Å². The lowest BCUT2D eigenvalue weighted by Crippen LogP contribution is -2.43. The monoisotopic (exact) mass is 268 g/mol. The Bertz CT molecular complexity index is 429. The summed E-state index contributed by atoms with van der Waals surface area (Å²) in [5, 5.41) is 12.2. The van der Waals surface area contributed by atoms with Crippen LogP contribution in [0.2, 0.25) is 0 Å². The summed E-state index contributed by atoms with van der Waals surface area (Å²) in [5.74, 6) is 0.0180. The van der Waals surface area contributed by atoms with Crippen LogP contribution in [0.1, 0.15) is 43.4 Å². The van der Waals surface area contributed by atoms with Gasteiger partial charge in [-0.1, -0.05) is 25.2 Å². The van der Waals surface area contributed by atoms with E-state index in [1.165, 1.54) is 17.8 Å². The molecule has 0 aromatic carbocycles. The number of piperidine rings is 1. The predicted octanol–water partition coefficient (Wildman–Crippen LogP) is 2.23. The zero-order valence-electron chi connectivity index (χ0n) is 11.2. The summed E-state index contributed by atoms with van der Waals surface area (Å²) in [5.41, 5.74) is 0.211. The van der Waals surface area contributed by atoms with Crippen LogP contribution in [0.4, 0.5) is 5.13 Å². The molecule has 1 aromatic rings. The molecule has 0 bridgehead atoms. The van der Waals surface area contributed by atoms with E-state index >= 15 is 0 Å². The van der Waals surface area contributed by atoms with Gasteiger partial charge >= 0.3 is 0 Å². The molecular formula is C12H20N4OS. The van der Waals surface area contributed by atoms with Crippen molar-refractivity contribution in [3.63, 3.8) is 0 Å². The largest absolute Gasteiger partial charge is 0.360 e. The van der Waals surface area contributed by atoms with Crippen molar-refractivity contribution in [3.8, 4) is 0 Å². The number of carbonyl (C=O) groups excluding carboxylic acids is 1. The number of hydrogen-bond acceptors (Lipinski definition) is 5. The van der Waals surface area contributed by atoms with Gasteiger partial charge in [-0.15, -0.1) is 10.2 Å². The lowest BCUT2D eigenvalue weighted by Gasteiger charge is -2.37. The Labute approximate surface area is 112 Å². The summed E-state index contributed by atoms with van der Waals surface area (Å²) >= 11 is 1.33. The van der Waals surface area contributed by atoms with E-state index in [9.17, 15) is 4.79 Å². The van der Waals surface area contributed by atoms with Gasteiger partial charge in [-0.25, -0.2) is 0 Å². The van der Waals surface area contributed by atoms with E-state index in [1.54, 1.807) is 0 Å². The summed E-state index contributed by atoms with van der Waals surface area (Å²) in [6, 6.07) is 0. The average Bonchev–Trinajstić information content (AvgIpc) is 2.76. The normalized spacial score (nSPS) is 18.7. The molecule has 100 valence electrons. The van der Waals surface area contributed by atoms with Gasteiger partial charge in [0.25, 0.3) is 5.91 Å². The lowest BCUT2D eigenvalue weighted by atomic mass is 9.84. The first kappa shape index (κ1) is 13.3. The standard InChI is InChI=1S/C12H20N4OS/c1-4-13-11-15-14-9(18-11)10(17)16-7-5-6-12(2,3)8-16/h4-8H2,1-3H3,(H,13,15). The molecule has 1 aliphatic rings. The second-order valence-corrected chi connectivity index (χ2v) is 6.41. The fourth-order valence-electron chi connectivity index (χ4n) is 2.26. The molecule has 2 heterocycles. The minimum Gasteiger partial charge on any atom is -0.360 e. The van der Waals surface area contributed by atoms with Crippen LogP contribution in [-0.2, 0) is 0 Å². The summed E-state index contributed by atoms with van der Waals surface area (Å²) in [4.78, 5) is 14.2. The number of nitrogens with zero attached hydrogens (tertiary/aromatic N) is 3. The van der Waals surface area contributed by atoms with Gasteiger partial charge in [0.2, 0.25) is 10.1 Å². The van der Waals surface area contributed by atoms with Crippen molar-refractivity contribution in [3.05, 3.63) is 5.01 Å². The molecule has 0 radical (unpaired) electrons. The molecule has 5 nitrogen and oxygen atoms in total. The zero-order chi connectivity index (χ0) is 13.2. The molecule has 0 saturated carbocycles. The predicted molar refractivity (Wildman–Crippen MR) is 73.0 cm³/mol. The maximum atomic E-state index is 12.3. The zero-order valence-corrected chi connectivity index (χ0v) is 12.0. The third kappa shape index (κ3) is 2.98. The summed E-state index contributed by atoms with van der Waals surface area (Å²) < 4.78 is 0. The molecule has 1 aliphatic heterocycles. The van der Waals surface area contributed by atoms with Gasteiger partial charge in [-0.3, -0.25) is 4.79 Å². The first-order valence-corrected chi connectivity index (χ1v) is 7.20. The summed E-state index contributed by atoms with van der Waals surface area (Å²) in [6.07, 6.45) is 2.24. The van der Waals surface area contributed by atoms with E-state index < -0.39 is 0 Å². The number of amides is 1. The molecule has 1 saturated heterocycles. The van der Waals surface area contributed by atoms with Crippen molar-refractivity contribution in [1.82, 2.24) is 15.1 Å². The Morgan fingerprint density at radius 2 is 2.28 bits per heavy atom. The second kappa shape index (κ2) is 5.22. The van der Waals surface area contributed by atoms with Gasteiger partial charge in [0, 0.05) is 19.6 Å². The molecule has 2 rings (SSSR count). The van der Waals surface area contributed by atoms with Crippen molar-refractivity contribution in [2.45, 2.75) is 33.6 Å². The van der Waals surface area contributed by atoms with Crippen molar-refractivity contribution < 1.29 is 4.79 Å². The van der Waals surface area contributed by atoms with Gasteiger partial charge in [-0.2, -0.15) is 0 Å². The Balaban J connectivity index is 2.05. The maximum Gasteiger partial charge on any atom is 0.284 e. The average molecular weight is 268 g/mol. The van der Waals surface area contributed by atoms with E-state index in [0.29, 0.717) is 5.01 Å². The Hall–Kier alpha value is -1.17. The number of likely N-dealkylation sites (tertiary alicyclic amines) is 1. The third-order valence-electron chi connectivity index (χ3n) is 3.12. The Morgan fingerprint density at radius 1 is 1.50 bits per heavy atom. The molecule has 18 heavy (non-hydrogen) atoms. The van der Waals surface area contributed by atoms with E-state index in [0.717, 1.165) is 31.2 Å². The van der Waals surface area contributed by atoms with Crippen LogP contribution in [0.15, 0.2) is 0 Å². The van der Waals surface area contributed by atoms with Crippen LogP contribution in [0.25, 0.3) is 0 Å². The van der Waals surface area contributed by atoms with Gasteiger partial charge < -0.3 is 10.2 Å². The fourth-order valence-corrected chi connectivity index (χ4v) is 3.04. The Morgan fingerprint density at radius 3 is 2.94 bits per heavy atom. The van der Waals surface area contributed by atoms with E-state index in [4.69, 9.17) is 0 Å². The summed E-state index contributed by atoms with van der Waals surface area (Å²) in [7, 11) is 0. The molecule has 1 fully saturated rings. The fraction of sp³-hybridized carbons (Fsp3) is 0.750. The molecule has 6 heteroatoms. The first-order chi connectivity index (χ1) is 8.52.